The lowest BCUT2D eigenvalue weighted by molar-refractivity contribution is 0.415. The third-order valence-electron chi connectivity index (χ3n) is 3.42. The van der Waals surface area contributed by atoms with E-state index in [1.807, 2.05) is 43.3 Å². The Balaban J connectivity index is 1.78. The number of halogens is 1. The fraction of sp³-hybridized carbons (Fsp3) is 0.250. The molecule has 3 nitrogen and oxygen atoms in total. The van der Waals surface area contributed by atoms with Gasteiger partial charge < -0.3 is 14.2 Å². The van der Waals surface area contributed by atoms with Gasteiger partial charge in [-0.2, -0.15) is 0 Å². The van der Waals surface area contributed by atoms with Gasteiger partial charge in [-0.15, -0.1) is 0 Å². The van der Waals surface area contributed by atoms with Crippen LogP contribution in [0.1, 0.15) is 30.0 Å². The Kier molecular flexibility index (Phi) is 3.55. The number of para-hydroxylation sites is 1. The van der Waals surface area contributed by atoms with Gasteiger partial charge in [0, 0.05) is 17.5 Å². The van der Waals surface area contributed by atoms with E-state index >= 15 is 0 Å². The molecule has 0 saturated heterocycles. The van der Waals surface area contributed by atoms with Crippen LogP contribution in [0.2, 0.25) is 5.22 Å². The highest BCUT2D eigenvalue weighted by Gasteiger charge is 2.14. The topological polar surface area (TPSA) is 38.3 Å². The first kappa shape index (κ1) is 13.3. The van der Waals surface area contributed by atoms with Crippen LogP contribution < -0.4 is 5.32 Å². The van der Waals surface area contributed by atoms with Crippen molar-refractivity contribution in [3.8, 4) is 0 Å². The van der Waals surface area contributed by atoms with E-state index in [-0.39, 0.29) is 6.04 Å². The molecule has 0 fully saturated rings. The molecule has 0 spiro atoms. The summed E-state index contributed by atoms with van der Waals surface area (Å²) >= 11 is 6.17. The molecule has 0 amide bonds. The Labute approximate surface area is 122 Å². The van der Waals surface area contributed by atoms with E-state index < -0.39 is 0 Å². The predicted octanol–water partition coefficient (Wildman–Crippen LogP) is 4.84. The molecular weight excluding hydrogens is 274 g/mol. The summed E-state index contributed by atoms with van der Waals surface area (Å²) in [5.74, 6) is 1.84. The van der Waals surface area contributed by atoms with Crippen LogP contribution in [0, 0.1) is 6.92 Å². The van der Waals surface area contributed by atoms with Crippen LogP contribution in [0.3, 0.4) is 0 Å². The van der Waals surface area contributed by atoms with E-state index in [2.05, 4.69) is 12.2 Å². The van der Waals surface area contributed by atoms with Gasteiger partial charge in [-0.1, -0.05) is 18.2 Å². The van der Waals surface area contributed by atoms with Crippen molar-refractivity contribution in [2.75, 3.05) is 0 Å². The molecule has 0 aliphatic heterocycles. The number of furan rings is 2. The summed E-state index contributed by atoms with van der Waals surface area (Å²) in [6.45, 7) is 4.64. The van der Waals surface area contributed by atoms with Crippen LogP contribution in [-0.4, -0.2) is 0 Å². The van der Waals surface area contributed by atoms with Gasteiger partial charge in [-0.05, 0) is 43.6 Å². The van der Waals surface area contributed by atoms with Crippen LogP contribution in [0.5, 0.6) is 0 Å². The Hall–Kier alpha value is -1.71. The molecule has 2 heterocycles. The fourth-order valence-corrected chi connectivity index (χ4v) is 2.53. The van der Waals surface area contributed by atoms with E-state index in [1.165, 1.54) is 0 Å². The molecule has 3 rings (SSSR count). The summed E-state index contributed by atoms with van der Waals surface area (Å²) in [7, 11) is 0. The minimum atomic E-state index is 0.119. The van der Waals surface area contributed by atoms with E-state index in [1.54, 1.807) is 0 Å². The highest BCUT2D eigenvalue weighted by atomic mass is 35.5. The normalized spacial score (nSPS) is 12.9. The standard InChI is InChI=1S/C16H16ClNO2/c1-10-7-8-14(19-10)11(2)18-9-13-12-5-3-4-6-15(12)20-16(13)17/h3-8,11,18H,9H2,1-2H3. The van der Waals surface area contributed by atoms with Crippen LogP contribution in [0.25, 0.3) is 11.0 Å². The van der Waals surface area contributed by atoms with Crippen molar-refractivity contribution in [2.24, 2.45) is 0 Å². The van der Waals surface area contributed by atoms with Crippen molar-refractivity contribution in [3.05, 3.63) is 58.7 Å². The first-order valence-corrected chi connectivity index (χ1v) is 6.98. The highest BCUT2D eigenvalue weighted by molar-refractivity contribution is 6.30. The number of benzene rings is 1. The summed E-state index contributed by atoms with van der Waals surface area (Å²) < 4.78 is 11.2. The number of rotatable bonds is 4. The molecule has 0 radical (unpaired) electrons. The SMILES string of the molecule is Cc1ccc(C(C)NCc2c(Cl)oc3ccccc23)o1. The largest absolute Gasteiger partial charge is 0.465 e. The Morgan fingerprint density at radius 3 is 2.70 bits per heavy atom. The Morgan fingerprint density at radius 2 is 1.95 bits per heavy atom. The van der Waals surface area contributed by atoms with E-state index in [0.29, 0.717) is 11.8 Å². The maximum absolute atomic E-state index is 6.17. The molecule has 1 atom stereocenters. The molecule has 4 heteroatoms. The zero-order chi connectivity index (χ0) is 14.1. The summed E-state index contributed by atoms with van der Waals surface area (Å²) in [6, 6.07) is 11.9. The van der Waals surface area contributed by atoms with Gasteiger partial charge in [0.2, 0.25) is 0 Å². The molecule has 0 aliphatic rings. The van der Waals surface area contributed by atoms with Crippen LogP contribution >= 0.6 is 11.6 Å². The van der Waals surface area contributed by atoms with E-state index in [0.717, 1.165) is 28.1 Å². The molecule has 104 valence electrons. The number of hydrogen-bond acceptors (Lipinski definition) is 3. The van der Waals surface area contributed by atoms with Crippen molar-refractivity contribution < 1.29 is 8.83 Å². The average Bonchev–Trinajstić information content (AvgIpc) is 2.99. The van der Waals surface area contributed by atoms with Crippen LogP contribution in [0.15, 0.2) is 45.2 Å². The lowest BCUT2D eigenvalue weighted by Gasteiger charge is -2.10. The van der Waals surface area contributed by atoms with Crippen molar-refractivity contribution in [1.82, 2.24) is 5.32 Å². The molecule has 1 aromatic carbocycles. The second kappa shape index (κ2) is 5.35. The molecule has 2 aromatic heterocycles. The summed E-state index contributed by atoms with van der Waals surface area (Å²) in [6.07, 6.45) is 0. The smallest absolute Gasteiger partial charge is 0.199 e. The van der Waals surface area contributed by atoms with Crippen molar-refractivity contribution in [2.45, 2.75) is 26.4 Å². The first-order valence-electron chi connectivity index (χ1n) is 6.61. The number of nitrogens with one attached hydrogen (secondary N) is 1. The maximum Gasteiger partial charge on any atom is 0.199 e. The minimum absolute atomic E-state index is 0.119. The monoisotopic (exact) mass is 289 g/mol. The quantitative estimate of drug-likeness (QED) is 0.747. The Morgan fingerprint density at radius 1 is 1.15 bits per heavy atom. The maximum atomic E-state index is 6.17. The Bertz CT molecular complexity index is 729. The second-order valence-corrected chi connectivity index (χ2v) is 5.24. The van der Waals surface area contributed by atoms with Crippen molar-refractivity contribution in [1.29, 1.82) is 0 Å². The zero-order valence-corrected chi connectivity index (χ0v) is 12.2. The van der Waals surface area contributed by atoms with Gasteiger partial charge in [0.25, 0.3) is 0 Å². The highest BCUT2D eigenvalue weighted by Crippen LogP contribution is 2.30. The molecule has 3 aromatic rings. The molecule has 1 unspecified atom stereocenters. The van der Waals surface area contributed by atoms with Crippen molar-refractivity contribution in [3.63, 3.8) is 0 Å². The second-order valence-electron chi connectivity index (χ2n) is 4.90. The molecule has 0 aliphatic carbocycles. The predicted molar refractivity (Wildman–Crippen MR) is 79.9 cm³/mol. The van der Waals surface area contributed by atoms with Gasteiger partial charge in [0.15, 0.2) is 5.22 Å². The van der Waals surface area contributed by atoms with Crippen molar-refractivity contribution >= 4 is 22.6 Å². The number of fused-ring (bicyclic) bond motifs is 1. The van der Waals surface area contributed by atoms with Gasteiger partial charge >= 0.3 is 0 Å². The third kappa shape index (κ3) is 2.47. The molecule has 0 saturated carbocycles. The van der Waals surface area contributed by atoms with Gasteiger partial charge in [-0.25, -0.2) is 0 Å². The van der Waals surface area contributed by atoms with Gasteiger partial charge in [0.1, 0.15) is 17.1 Å². The van der Waals surface area contributed by atoms with Crippen LogP contribution in [0.4, 0.5) is 0 Å². The molecule has 1 N–H and O–H groups in total. The summed E-state index contributed by atoms with van der Waals surface area (Å²) in [5.41, 5.74) is 1.80. The van der Waals surface area contributed by atoms with E-state index in [9.17, 15) is 0 Å². The van der Waals surface area contributed by atoms with Gasteiger partial charge in [0.05, 0.1) is 6.04 Å². The average molecular weight is 290 g/mol. The minimum Gasteiger partial charge on any atom is -0.465 e. The first-order chi connectivity index (χ1) is 9.65. The molecular formula is C16H16ClNO2. The summed E-state index contributed by atoms with van der Waals surface area (Å²) in [5, 5.41) is 4.90. The van der Waals surface area contributed by atoms with Gasteiger partial charge in [-0.3, -0.25) is 0 Å². The number of aryl methyl sites for hydroxylation is 1. The molecule has 20 heavy (non-hydrogen) atoms. The third-order valence-corrected chi connectivity index (χ3v) is 3.73. The lowest BCUT2D eigenvalue weighted by atomic mass is 10.1. The molecule has 0 bridgehead atoms. The lowest BCUT2D eigenvalue weighted by Crippen LogP contribution is -2.17. The zero-order valence-electron chi connectivity index (χ0n) is 11.4. The fourth-order valence-electron chi connectivity index (χ4n) is 2.28. The number of hydrogen-bond donors (Lipinski definition) is 1. The van der Waals surface area contributed by atoms with E-state index in [4.69, 9.17) is 20.4 Å². The van der Waals surface area contributed by atoms with Crippen LogP contribution in [-0.2, 0) is 6.54 Å². The summed E-state index contributed by atoms with van der Waals surface area (Å²) in [4.78, 5) is 0.